The minimum atomic E-state index is -0.334. The van der Waals surface area contributed by atoms with Crippen molar-refractivity contribution in [3.8, 4) is 0 Å². The zero-order valence-corrected chi connectivity index (χ0v) is 21.5. The molecule has 4 aromatic rings. The Hall–Kier alpha value is -3.72. The summed E-state index contributed by atoms with van der Waals surface area (Å²) in [6.07, 6.45) is 2.29. The van der Waals surface area contributed by atoms with Crippen LogP contribution < -0.4 is 5.43 Å². The van der Waals surface area contributed by atoms with E-state index in [0.717, 1.165) is 59.7 Å². The Kier molecular flexibility index (Phi) is 6.84. The molecule has 0 unspecified atom stereocenters. The minimum Gasteiger partial charge on any atom is -0.449 e. The molecule has 8 heteroatoms. The van der Waals surface area contributed by atoms with Crippen molar-refractivity contribution in [2.24, 2.45) is 5.92 Å². The lowest BCUT2D eigenvalue weighted by molar-refractivity contribution is -0.190. The number of amides is 1. The standard InChI is InChI=1S/C30H32N4O4/c1-2-28(31-34-29(35)23-10-4-3-9-22(23)20-38-34)32-17-15-21(16-18-32)19-37-30(36)33-26-13-7-5-11-24(26)25-12-6-8-14-27(25)33/h3-14,21,28,31H,2,15-20H2,1H3/t28-/m1/s1. The number of para-hydroxylation sites is 2. The predicted octanol–water partition coefficient (Wildman–Crippen LogP) is 5.32. The molecular formula is C30H32N4O4. The molecule has 3 heterocycles. The van der Waals surface area contributed by atoms with Crippen molar-refractivity contribution in [2.75, 3.05) is 19.7 Å². The molecule has 8 nitrogen and oxygen atoms in total. The van der Waals surface area contributed by atoms with E-state index in [4.69, 9.17) is 9.57 Å². The highest BCUT2D eigenvalue weighted by Gasteiger charge is 2.31. The number of hydrogen-bond donors (Lipinski definition) is 1. The highest BCUT2D eigenvalue weighted by Crippen LogP contribution is 2.29. The van der Waals surface area contributed by atoms with Crippen LogP contribution in [0.15, 0.2) is 72.8 Å². The number of hydroxylamine groups is 1. The molecule has 0 aliphatic carbocycles. The second-order valence-corrected chi connectivity index (χ2v) is 10.0. The third kappa shape index (κ3) is 4.55. The van der Waals surface area contributed by atoms with Crippen LogP contribution in [0.25, 0.3) is 21.8 Å². The number of nitrogens with one attached hydrogen (secondary N) is 1. The van der Waals surface area contributed by atoms with Gasteiger partial charge in [-0.15, -0.1) is 5.17 Å². The molecule has 38 heavy (non-hydrogen) atoms. The van der Waals surface area contributed by atoms with E-state index in [1.165, 1.54) is 5.17 Å². The van der Waals surface area contributed by atoms with Crippen LogP contribution in [-0.2, 0) is 16.2 Å². The van der Waals surface area contributed by atoms with Crippen molar-refractivity contribution in [2.45, 2.75) is 39.0 Å². The quantitative estimate of drug-likeness (QED) is 0.377. The van der Waals surface area contributed by atoms with E-state index in [0.29, 0.717) is 24.7 Å². The number of benzene rings is 3. The van der Waals surface area contributed by atoms with Gasteiger partial charge in [-0.1, -0.05) is 61.5 Å². The fourth-order valence-corrected chi connectivity index (χ4v) is 5.62. The number of nitrogens with zero attached hydrogens (tertiary/aromatic N) is 3. The fourth-order valence-electron chi connectivity index (χ4n) is 5.62. The van der Waals surface area contributed by atoms with Gasteiger partial charge in [-0.25, -0.2) is 9.36 Å². The van der Waals surface area contributed by atoms with Crippen LogP contribution in [0.1, 0.15) is 42.1 Å². The van der Waals surface area contributed by atoms with Gasteiger partial charge in [-0.3, -0.25) is 14.5 Å². The zero-order valence-electron chi connectivity index (χ0n) is 21.5. The summed E-state index contributed by atoms with van der Waals surface area (Å²) >= 11 is 0. The van der Waals surface area contributed by atoms with Crippen molar-refractivity contribution in [1.29, 1.82) is 0 Å². The van der Waals surface area contributed by atoms with E-state index in [9.17, 15) is 9.59 Å². The summed E-state index contributed by atoms with van der Waals surface area (Å²) in [5.41, 5.74) is 6.58. The van der Waals surface area contributed by atoms with Crippen LogP contribution in [0, 0.1) is 5.92 Å². The van der Waals surface area contributed by atoms with Gasteiger partial charge in [-0.2, -0.15) is 5.43 Å². The number of likely N-dealkylation sites (tertiary alicyclic amines) is 1. The molecule has 196 valence electrons. The summed E-state index contributed by atoms with van der Waals surface area (Å²) in [4.78, 5) is 34.1. The molecular weight excluding hydrogens is 480 g/mol. The Bertz CT molecular complexity index is 1420. The van der Waals surface area contributed by atoms with Crippen molar-refractivity contribution in [3.63, 3.8) is 0 Å². The predicted molar refractivity (Wildman–Crippen MR) is 145 cm³/mol. The van der Waals surface area contributed by atoms with E-state index in [1.54, 1.807) is 4.57 Å². The smallest absolute Gasteiger partial charge is 0.418 e. The monoisotopic (exact) mass is 512 g/mol. The average molecular weight is 513 g/mol. The van der Waals surface area contributed by atoms with Crippen molar-refractivity contribution >= 4 is 33.8 Å². The average Bonchev–Trinajstić information content (AvgIpc) is 3.31. The van der Waals surface area contributed by atoms with Gasteiger partial charge in [0.25, 0.3) is 5.91 Å². The van der Waals surface area contributed by atoms with Crippen LogP contribution in [0.4, 0.5) is 4.79 Å². The number of aromatic nitrogens is 1. The molecule has 1 N–H and O–H groups in total. The molecule has 1 atom stereocenters. The van der Waals surface area contributed by atoms with E-state index < -0.39 is 0 Å². The van der Waals surface area contributed by atoms with E-state index in [1.807, 2.05) is 72.8 Å². The molecule has 1 amide bonds. The Balaban J connectivity index is 1.05. The van der Waals surface area contributed by atoms with Gasteiger partial charge in [0.1, 0.15) is 6.61 Å². The van der Waals surface area contributed by atoms with E-state index in [-0.39, 0.29) is 18.2 Å². The summed E-state index contributed by atoms with van der Waals surface area (Å²) in [7, 11) is 0. The number of hydrazine groups is 1. The first kappa shape index (κ1) is 24.6. The number of piperidine rings is 1. The Morgan fingerprint density at radius 2 is 1.61 bits per heavy atom. The molecule has 1 saturated heterocycles. The van der Waals surface area contributed by atoms with Crippen LogP contribution in [0.3, 0.4) is 0 Å². The van der Waals surface area contributed by atoms with Crippen LogP contribution in [0.5, 0.6) is 0 Å². The molecule has 1 fully saturated rings. The summed E-state index contributed by atoms with van der Waals surface area (Å²) in [6.45, 7) is 4.55. The van der Waals surface area contributed by atoms with Crippen molar-refractivity contribution < 1.29 is 19.2 Å². The second-order valence-electron chi connectivity index (χ2n) is 10.0. The normalized spacial score (nSPS) is 17.6. The van der Waals surface area contributed by atoms with Gasteiger partial charge < -0.3 is 4.74 Å². The number of ether oxygens (including phenoxy) is 1. The first-order chi connectivity index (χ1) is 18.6. The van der Waals surface area contributed by atoms with Gasteiger partial charge >= 0.3 is 6.09 Å². The SMILES string of the molecule is CC[C@H](NN1OCc2ccccc2C1=O)N1CCC(COC(=O)n2c3ccccc3c3ccccc32)CC1. The fraction of sp³-hybridized carbons (Fsp3) is 0.333. The lowest BCUT2D eigenvalue weighted by Gasteiger charge is -2.40. The molecule has 1 aromatic heterocycles. The summed E-state index contributed by atoms with van der Waals surface area (Å²) < 4.78 is 7.54. The summed E-state index contributed by atoms with van der Waals surface area (Å²) in [6, 6.07) is 23.4. The van der Waals surface area contributed by atoms with Crippen LogP contribution in [-0.4, -0.2) is 52.5 Å². The topological polar surface area (TPSA) is 76.0 Å². The van der Waals surface area contributed by atoms with Crippen LogP contribution in [0.2, 0.25) is 0 Å². The number of rotatable bonds is 6. The largest absolute Gasteiger partial charge is 0.449 e. The third-order valence-electron chi connectivity index (χ3n) is 7.73. The van der Waals surface area contributed by atoms with Gasteiger partial charge in [0, 0.05) is 29.4 Å². The Morgan fingerprint density at radius 3 is 2.29 bits per heavy atom. The maximum absolute atomic E-state index is 13.2. The minimum absolute atomic E-state index is 0.0229. The third-order valence-corrected chi connectivity index (χ3v) is 7.73. The molecule has 0 saturated carbocycles. The Labute approximate surface area is 221 Å². The van der Waals surface area contributed by atoms with Crippen LogP contribution >= 0.6 is 0 Å². The first-order valence-corrected chi connectivity index (χ1v) is 13.3. The number of carbonyl (C=O) groups excluding carboxylic acids is 2. The Morgan fingerprint density at radius 1 is 0.974 bits per heavy atom. The van der Waals surface area contributed by atoms with Gasteiger partial charge in [-0.05, 0) is 48.9 Å². The van der Waals surface area contributed by atoms with E-state index >= 15 is 0 Å². The number of fused-ring (bicyclic) bond motifs is 4. The first-order valence-electron chi connectivity index (χ1n) is 13.3. The lowest BCUT2D eigenvalue weighted by atomic mass is 9.97. The molecule has 0 radical (unpaired) electrons. The number of hydrogen-bond acceptors (Lipinski definition) is 6. The summed E-state index contributed by atoms with van der Waals surface area (Å²) in [5.74, 6) is 0.123. The highest BCUT2D eigenvalue weighted by molar-refractivity contribution is 6.12. The molecule has 0 spiro atoms. The van der Waals surface area contributed by atoms with Gasteiger partial charge in [0.2, 0.25) is 0 Å². The maximum Gasteiger partial charge on any atom is 0.418 e. The summed E-state index contributed by atoms with van der Waals surface area (Å²) in [5, 5.41) is 3.38. The van der Waals surface area contributed by atoms with Gasteiger partial charge in [0.05, 0.1) is 23.8 Å². The lowest BCUT2D eigenvalue weighted by Crippen LogP contribution is -2.57. The second kappa shape index (κ2) is 10.6. The van der Waals surface area contributed by atoms with E-state index in [2.05, 4.69) is 17.2 Å². The molecule has 2 aliphatic rings. The molecule has 3 aromatic carbocycles. The maximum atomic E-state index is 13.2. The number of carbonyl (C=O) groups is 2. The van der Waals surface area contributed by atoms with Crippen molar-refractivity contribution in [1.82, 2.24) is 20.1 Å². The molecule has 2 aliphatic heterocycles. The zero-order chi connectivity index (χ0) is 26.1. The van der Waals surface area contributed by atoms with Gasteiger partial charge in [0.15, 0.2) is 0 Å². The van der Waals surface area contributed by atoms with Crippen molar-refractivity contribution in [3.05, 3.63) is 83.9 Å². The molecule has 0 bridgehead atoms. The molecule has 6 rings (SSSR count). The highest BCUT2D eigenvalue weighted by atomic mass is 16.7.